The van der Waals surface area contributed by atoms with Crippen molar-refractivity contribution < 1.29 is 29.3 Å². The van der Waals surface area contributed by atoms with Gasteiger partial charge in [0.05, 0.1) is 17.2 Å². The quantitative estimate of drug-likeness (QED) is 0.571. The van der Waals surface area contributed by atoms with E-state index >= 15 is 0 Å². The molecule has 1 aromatic rings. The number of aromatic carboxylic acids is 1. The molecule has 20 heavy (non-hydrogen) atoms. The summed E-state index contributed by atoms with van der Waals surface area (Å²) in [5.74, 6) is -2.49. The molecule has 6 nitrogen and oxygen atoms in total. The van der Waals surface area contributed by atoms with Crippen LogP contribution >= 0.6 is 0 Å². The van der Waals surface area contributed by atoms with Gasteiger partial charge in [0.2, 0.25) is 0 Å². The molecule has 2 N–H and O–H groups in total. The molecule has 1 aromatic carbocycles. The molecule has 1 rings (SSSR count). The number of benzene rings is 1. The minimum atomic E-state index is -1.25. The van der Waals surface area contributed by atoms with Crippen LogP contribution in [-0.4, -0.2) is 40.6 Å². The van der Waals surface area contributed by atoms with E-state index < -0.39 is 24.6 Å². The molecule has 0 aliphatic rings. The molecule has 0 aromatic heterocycles. The van der Waals surface area contributed by atoms with Crippen LogP contribution in [0.2, 0.25) is 0 Å². The van der Waals surface area contributed by atoms with Crippen molar-refractivity contribution in [2.75, 3.05) is 6.61 Å². The molecule has 0 aliphatic carbocycles. The summed E-state index contributed by atoms with van der Waals surface area (Å²) in [6.07, 6.45) is -0.302. The minimum Gasteiger partial charge on any atom is -0.478 e. The van der Waals surface area contributed by atoms with Crippen LogP contribution in [0.15, 0.2) is 36.9 Å². The van der Waals surface area contributed by atoms with Crippen LogP contribution in [0.4, 0.5) is 0 Å². The van der Waals surface area contributed by atoms with Crippen LogP contribution in [0.1, 0.15) is 27.1 Å². The molecule has 0 bridgehead atoms. The highest BCUT2D eigenvalue weighted by Gasteiger charge is 2.18. The number of hydrogen-bond donors (Lipinski definition) is 2. The fraction of sp³-hybridized carbons (Fsp3) is 0.214. The summed E-state index contributed by atoms with van der Waals surface area (Å²) in [4.78, 5) is 33.6. The zero-order valence-corrected chi connectivity index (χ0v) is 10.6. The largest absolute Gasteiger partial charge is 0.478 e. The Morgan fingerprint density at radius 1 is 1.25 bits per heavy atom. The fourth-order valence-electron chi connectivity index (χ4n) is 1.47. The van der Waals surface area contributed by atoms with Gasteiger partial charge < -0.3 is 14.9 Å². The number of aliphatic hydroxyl groups is 1. The van der Waals surface area contributed by atoms with E-state index in [0.717, 1.165) is 6.08 Å². The van der Waals surface area contributed by atoms with Crippen LogP contribution < -0.4 is 0 Å². The van der Waals surface area contributed by atoms with E-state index in [1.807, 2.05) is 0 Å². The Kier molecular flexibility index (Phi) is 5.61. The first-order valence-electron chi connectivity index (χ1n) is 5.78. The standard InChI is InChI=1S/C14H14O6/c1-2-9(15)7-10(16)8-20-14(19)12-6-4-3-5-11(12)13(17)18/h2-6,10,16H,1,7-8H2,(H,17,18). The number of aliphatic hydroxyl groups excluding tert-OH is 1. The van der Waals surface area contributed by atoms with E-state index in [9.17, 15) is 19.5 Å². The Bertz CT molecular complexity index is 534. The number of carbonyl (C=O) groups is 3. The second-order valence-corrected chi connectivity index (χ2v) is 3.98. The van der Waals surface area contributed by atoms with Gasteiger partial charge in [-0.05, 0) is 18.2 Å². The molecule has 0 saturated heterocycles. The summed E-state index contributed by atoms with van der Waals surface area (Å²) < 4.78 is 4.79. The second-order valence-electron chi connectivity index (χ2n) is 3.98. The molecular formula is C14H14O6. The maximum absolute atomic E-state index is 11.7. The highest BCUT2D eigenvalue weighted by atomic mass is 16.5. The van der Waals surface area contributed by atoms with Crippen molar-refractivity contribution in [3.8, 4) is 0 Å². The lowest BCUT2D eigenvalue weighted by atomic mass is 10.1. The van der Waals surface area contributed by atoms with Gasteiger partial charge in [0.1, 0.15) is 6.61 Å². The molecule has 0 heterocycles. The maximum Gasteiger partial charge on any atom is 0.339 e. The highest BCUT2D eigenvalue weighted by molar-refractivity contribution is 6.02. The van der Waals surface area contributed by atoms with Gasteiger partial charge in [-0.2, -0.15) is 0 Å². The van der Waals surface area contributed by atoms with Crippen molar-refractivity contribution in [3.05, 3.63) is 48.0 Å². The van der Waals surface area contributed by atoms with Gasteiger partial charge >= 0.3 is 11.9 Å². The molecule has 0 amide bonds. The van der Waals surface area contributed by atoms with Gasteiger partial charge in [0.15, 0.2) is 5.78 Å². The molecule has 1 atom stereocenters. The molecule has 0 fully saturated rings. The van der Waals surface area contributed by atoms with Gasteiger partial charge in [0, 0.05) is 6.42 Å². The predicted octanol–water partition coefficient (Wildman–Crippen LogP) is 1.05. The van der Waals surface area contributed by atoms with Gasteiger partial charge in [-0.25, -0.2) is 9.59 Å². The van der Waals surface area contributed by atoms with E-state index in [0.29, 0.717) is 0 Å². The smallest absolute Gasteiger partial charge is 0.339 e. The zero-order chi connectivity index (χ0) is 15.1. The lowest BCUT2D eigenvalue weighted by Gasteiger charge is -2.10. The third-order valence-electron chi connectivity index (χ3n) is 2.45. The number of allylic oxidation sites excluding steroid dienone is 1. The Morgan fingerprint density at radius 3 is 2.40 bits per heavy atom. The first-order valence-corrected chi connectivity index (χ1v) is 5.78. The fourth-order valence-corrected chi connectivity index (χ4v) is 1.47. The highest BCUT2D eigenvalue weighted by Crippen LogP contribution is 2.10. The third-order valence-corrected chi connectivity index (χ3v) is 2.45. The van der Waals surface area contributed by atoms with Gasteiger partial charge in [-0.1, -0.05) is 18.7 Å². The summed E-state index contributed by atoms with van der Waals surface area (Å²) in [5.41, 5.74) is -0.295. The Morgan fingerprint density at radius 2 is 1.85 bits per heavy atom. The van der Waals surface area contributed by atoms with Gasteiger partial charge in [-0.15, -0.1) is 0 Å². The first kappa shape index (κ1) is 15.6. The Balaban J connectivity index is 2.66. The van der Waals surface area contributed by atoms with Crippen LogP contribution in [0, 0.1) is 0 Å². The summed E-state index contributed by atoms with van der Waals surface area (Å²) >= 11 is 0. The van der Waals surface area contributed by atoms with E-state index in [1.165, 1.54) is 24.3 Å². The number of ketones is 1. The average molecular weight is 278 g/mol. The van der Waals surface area contributed by atoms with Crippen molar-refractivity contribution in [2.45, 2.75) is 12.5 Å². The average Bonchev–Trinajstić information content (AvgIpc) is 2.44. The van der Waals surface area contributed by atoms with Crippen molar-refractivity contribution in [1.82, 2.24) is 0 Å². The van der Waals surface area contributed by atoms with E-state index in [2.05, 4.69) is 6.58 Å². The van der Waals surface area contributed by atoms with Crippen molar-refractivity contribution in [2.24, 2.45) is 0 Å². The molecular weight excluding hydrogens is 264 g/mol. The Hall–Kier alpha value is -2.47. The molecule has 0 aliphatic heterocycles. The van der Waals surface area contributed by atoms with Crippen LogP contribution in [-0.2, 0) is 9.53 Å². The monoisotopic (exact) mass is 278 g/mol. The summed E-state index contributed by atoms with van der Waals surface area (Å²) in [6.45, 7) is 2.86. The number of esters is 1. The second kappa shape index (κ2) is 7.20. The van der Waals surface area contributed by atoms with Crippen LogP contribution in [0.5, 0.6) is 0 Å². The molecule has 1 unspecified atom stereocenters. The number of carbonyl (C=O) groups excluding carboxylic acids is 2. The van der Waals surface area contributed by atoms with Gasteiger partial charge in [0.25, 0.3) is 0 Å². The number of carboxylic acids is 1. The number of ether oxygens (including phenoxy) is 1. The maximum atomic E-state index is 11.7. The zero-order valence-electron chi connectivity index (χ0n) is 10.6. The lowest BCUT2D eigenvalue weighted by Crippen LogP contribution is -2.22. The number of carboxylic acid groups (broad SMARTS) is 1. The molecule has 0 saturated carbocycles. The van der Waals surface area contributed by atoms with E-state index in [4.69, 9.17) is 9.84 Å². The van der Waals surface area contributed by atoms with Crippen LogP contribution in [0.3, 0.4) is 0 Å². The van der Waals surface area contributed by atoms with Crippen molar-refractivity contribution in [3.63, 3.8) is 0 Å². The molecule has 0 spiro atoms. The summed E-state index contributed by atoms with van der Waals surface area (Å²) in [5, 5.41) is 18.4. The van der Waals surface area contributed by atoms with Gasteiger partial charge in [-0.3, -0.25) is 4.79 Å². The topological polar surface area (TPSA) is 101 Å². The predicted molar refractivity (Wildman–Crippen MR) is 69.5 cm³/mol. The first-order chi connectivity index (χ1) is 9.45. The van der Waals surface area contributed by atoms with Crippen LogP contribution in [0.25, 0.3) is 0 Å². The SMILES string of the molecule is C=CC(=O)CC(O)COC(=O)c1ccccc1C(=O)O. The third kappa shape index (κ3) is 4.33. The Labute approximate surface area is 115 Å². The van der Waals surface area contributed by atoms with Crippen molar-refractivity contribution in [1.29, 1.82) is 0 Å². The minimum absolute atomic E-state index is 0.109. The number of rotatable bonds is 7. The molecule has 0 radical (unpaired) electrons. The summed E-state index contributed by atoms with van der Waals surface area (Å²) in [7, 11) is 0. The number of hydrogen-bond acceptors (Lipinski definition) is 5. The summed E-state index contributed by atoms with van der Waals surface area (Å²) in [6, 6.07) is 5.57. The van der Waals surface area contributed by atoms with E-state index in [1.54, 1.807) is 0 Å². The van der Waals surface area contributed by atoms with Crippen molar-refractivity contribution >= 4 is 17.7 Å². The van der Waals surface area contributed by atoms with E-state index in [-0.39, 0.29) is 23.3 Å². The molecule has 106 valence electrons. The molecule has 6 heteroatoms. The normalized spacial score (nSPS) is 11.4. The lowest BCUT2D eigenvalue weighted by molar-refractivity contribution is -0.117.